The van der Waals surface area contributed by atoms with E-state index in [-0.39, 0.29) is 18.2 Å². The van der Waals surface area contributed by atoms with Crippen molar-refractivity contribution in [3.8, 4) is 5.75 Å². The van der Waals surface area contributed by atoms with Gasteiger partial charge in [0, 0.05) is 18.4 Å². The zero-order chi connectivity index (χ0) is 16.9. The number of nitrogens with zero attached hydrogens (tertiary/aromatic N) is 1. The monoisotopic (exact) mass is 324 g/mol. The Hall–Kier alpha value is -2.70. The summed E-state index contributed by atoms with van der Waals surface area (Å²) in [5.41, 5.74) is 1.28. The average Bonchev–Trinajstić information content (AvgIpc) is 2.48. The molecule has 1 amide bonds. The van der Waals surface area contributed by atoms with Crippen LogP contribution in [0.4, 0.5) is 24.5 Å². The second-order valence-electron chi connectivity index (χ2n) is 4.81. The van der Waals surface area contributed by atoms with E-state index < -0.39 is 6.36 Å². The molecule has 0 aromatic heterocycles. The van der Waals surface area contributed by atoms with Crippen molar-refractivity contribution in [2.75, 3.05) is 23.8 Å². The van der Waals surface area contributed by atoms with E-state index in [1.807, 2.05) is 30.3 Å². The van der Waals surface area contributed by atoms with Crippen molar-refractivity contribution in [3.63, 3.8) is 0 Å². The zero-order valence-corrected chi connectivity index (χ0v) is 12.3. The van der Waals surface area contributed by atoms with Gasteiger partial charge in [-0.25, -0.2) is 0 Å². The van der Waals surface area contributed by atoms with Crippen LogP contribution in [0.15, 0.2) is 54.6 Å². The Kier molecular flexibility index (Phi) is 5.10. The van der Waals surface area contributed by atoms with Crippen molar-refractivity contribution in [1.29, 1.82) is 0 Å². The molecule has 7 heteroatoms. The molecule has 122 valence electrons. The molecule has 0 saturated carbocycles. The summed E-state index contributed by atoms with van der Waals surface area (Å²) in [6.07, 6.45) is -4.73. The van der Waals surface area contributed by atoms with Crippen molar-refractivity contribution < 1.29 is 22.7 Å². The van der Waals surface area contributed by atoms with Gasteiger partial charge in [0.15, 0.2) is 0 Å². The van der Waals surface area contributed by atoms with E-state index in [9.17, 15) is 18.0 Å². The van der Waals surface area contributed by atoms with E-state index >= 15 is 0 Å². The Labute approximate surface area is 131 Å². The van der Waals surface area contributed by atoms with Crippen LogP contribution in [-0.2, 0) is 4.79 Å². The van der Waals surface area contributed by atoms with E-state index in [0.29, 0.717) is 5.69 Å². The maximum Gasteiger partial charge on any atom is 0.573 e. The standard InChI is InChI=1S/C16H15F3N2O2/c1-21(13-5-3-2-4-6-13)11-15(22)20-12-7-9-14(10-8-12)23-16(17,18)19/h2-10H,11H2,1H3,(H,20,22). The number of hydrogen-bond donors (Lipinski definition) is 1. The van der Waals surface area contributed by atoms with Gasteiger partial charge in [0.05, 0.1) is 6.54 Å². The van der Waals surface area contributed by atoms with Crippen LogP contribution in [0.1, 0.15) is 0 Å². The van der Waals surface area contributed by atoms with Crippen LogP contribution >= 0.6 is 0 Å². The second kappa shape index (κ2) is 7.04. The van der Waals surface area contributed by atoms with Crippen molar-refractivity contribution in [1.82, 2.24) is 0 Å². The number of benzene rings is 2. The van der Waals surface area contributed by atoms with Gasteiger partial charge in [-0.3, -0.25) is 4.79 Å². The zero-order valence-electron chi connectivity index (χ0n) is 12.3. The number of carbonyl (C=O) groups is 1. The molecule has 0 radical (unpaired) electrons. The minimum absolute atomic E-state index is 0.116. The number of halogens is 3. The lowest BCUT2D eigenvalue weighted by Crippen LogP contribution is -2.29. The molecular formula is C16H15F3N2O2. The number of anilines is 2. The molecule has 0 saturated heterocycles. The molecule has 2 aromatic rings. The molecule has 0 bridgehead atoms. The normalized spacial score (nSPS) is 11.0. The fourth-order valence-electron chi connectivity index (χ4n) is 1.93. The first-order chi connectivity index (χ1) is 10.8. The van der Waals surface area contributed by atoms with E-state index in [1.54, 1.807) is 11.9 Å². The van der Waals surface area contributed by atoms with Gasteiger partial charge in [-0.1, -0.05) is 18.2 Å². The maximum absolute atomic E-state index is 12.1. The molecule has 23 heavy (non-hydrogen) atoms. The highest BCUT2D eigenvalue weighted by molar-refractivity contribution is 5.94. The predicted molar refractivity (Wildman–Crippen MR) is 81.5 cm³/mol. The van der Waals surface area contributed by atoms with Gasteiger partial charge in [0.1, 0.15) is 5.75 Å². The number of ether oxygens (including phenoxy) is 1. The predicted octanol–water partition coefficient (Wildman–Crippen LogP) is 3.66. The SMILES string of the molecule is CN(CC(=O)Nc1ccc(OC(F)(F)F)cc1)c1ccccc1. The molecule has 2 rings (SSSR count). The molecule has 0 aliphatic heterocycles. The molecule has 1 N–H and O–H groups in total. The molecule has 4 nitrogen and oxygen atoms in total. The Bertz CT molecular complexity index is 643. The minimum atomic E-state index is -4.73. The van der Waals surface area contributed by atoms with E-state index in [1.165, 1.54) is 12.1 Å². The topological polar surface area (TPSA) is 41.6 Å². The summed E-state index contributed by atoms with van der Waals surface area (Å²) in [6, 6.07) is 14.3. The van der Waals surface area contributed by atoms with Crippen molar-refractivity contribution in [3.05, 3.63) is 54.6 Å². The van der Waals surface area contributed by atoms with Crippen molar-refractivity contribution in [2.24, 2.45) is 0 Å². The molecular weight excluding hydrogens is 309 g/mol. The minimum Gasteiger partial charge on any atom is -0.406 e. The fraction of sp³-hybridized carbons (Fsp3) is 0.188. The molecule has 2 aromatic carbocycles. The Morgan fingerprint density at radius 1 is 1.09 bits per heavy atom. The number of hydrogen-bond acceptors (Lipinski definition) is 3. The molecule has 0 aliphatic carbocycles. The summed E-state index contributed by atoms with van der Waals surface area (Å²) < 4.78 is 39.9. The van der Waals surface area contributed by atoms with Gasteiger partial charge in [-0.05, 0) is 36.4 Å². The van der Waals surface area contributed by atoms with Crippen molar-refractivity contribution >= 4 is 17.3 Å². The number of alkyl halides is 3. The van der Waals surface area contributed by atoms with Gasteiger partial charge in [0.25, 0.3) is 0 Å². The van der Waals surface area contributed by atoms with Gasteiger partial charge in [0.2, 0.25) is 5.91 Å². The summed E-state index contributed by atoms with van der Waals surface area (Å²) >= 11 is 0. The van der Waals surface area contributed by atoms with Crippen LogP contribution in [-0.4, -0.2) is 25.9 Å². The van der Waals surface area contributed by atoms with Crippen LogP contribution in [0.2, 0.25) is 0 Å². The highest BCUT2D eigenvalue weighted by Gasteiger charge is 2.30. The van der Waals surface area contributed by atoms with E-state index in [2.05, 4.69) is 10.1 Å². The molecule has 0 spiro atoms. The van der Waals surface area contributed by atoms with Gasteiger partial charge in [-0.2, -0.15) is 0 Å². The number of rotatable bonds is 5. The first kappa shape index (κ1) is 16.7. The van der Waals surface area contributed by atoms with Crippen LogP contribution in [0, 0.1) is 0 Å². The number of nitrogens with one attached hydrogen (secondary N) is 1. The third kappa shape index (κ3) is 5.54. The highest BCUT2D eigenvalue weighted by atomic mass is 19.4. The molecule has 0 atom stereocenters. The molecule has 0 unspecified atom stereocenters. The molecule has 0 fully saturated rings. The largest absolute Gasteiger partial charge is 0.573 e. The Morgan fingerprint density at radius 3 is 2.26 bits per heavy atom. The summed E-state index contributed by atoms with van der Waals surface area (Å²) in [4.78, 5) is 13.7. The first-order valence-corrected chi connectivity index (χ1v) is 6.75. The lowest BCUT2D eigenvalue weighted by Gasteiger charge is -2.18. The Morgan fingerprint density at radius 2 is 1.70 bits per heavy atom. The van der Waals surface area contributed by atoms with Gasteiger partial charge < -0.3 is 15.0 Å². The number of para-hydroxylation sites is 1. The molecule has 0 heterocycles. The Balaban J connectivity index is 1.90. The van der Waals surface area contributed by atoms with Gasteiger partial charge >= 0.3 is 6.36 Å². The van der Waals surface area contributed by atoms with Crippen LogP contribution in [0.5, 0.6) is 5.75 Å². The summed E-state index contributed by atoms with van der Waals surface area (Å²) in [7, 11) is 1.77. The fourth-order valence-corrected chi connectivity index (χ4v) is 1.93. The summed E-state index contributed by atoms with van der Waals surface area (Å²) in [5, 5.41) is 2.62. The van der Waals surface area contributed by atoms with Crippen LogP contribution in [0.3, 0.4) is 0 Å². The van der Waals surface area contributed by atoms with Crippen LogP contribution in [0.25, 0.3) is 0 Å². The van der Waals surface area contributed by atoms with E-state index in [0.717, 1.165) is 17.8 Å². The number of amides is 1. The maximum atomic E-state index is 12.1. The number of carbonyl (C=O) groups excluding carboxylic acids is 1. The highest BCUT2D eigenvalue weighted by Crippen LogP contribution is 2.24. The molecule has 0 aliphatic rings. The van der Waals surface area contributed by atoms with Gasteiger partial charge in [-0.15, -0.1) is 13.2 Å². The average molecular weight is 324 g/mol. The van der Waals surface area contributed by atoms with Crippen LogP contribution < -0.4 is 15.0 Å². The second-order valence-corrected chi connectivity index (χ2v) is 4.81. The van der Waals surface area contributed by atoms with Crippen molar-refractivity contribution in [2.45, 2.75) is 6.36 Å². The third-order valence-electron chi connectivity index (χ3n) is 2.95. The quantitative estimate of drug-likeness (QED) is 0.912. The third-order valence-corrected chi connectivity index (χ3v) is 2.95. The summed E-state index contributed by atoms with van der Waals surface area (Å²) in [5.74, 6) is -0.613. The first-order valence-electron chi connectivity index (χ1n) is 6.75. The summed E-state index contributed by atoms with van der Waals surface area (Å²) in [6.45, 7) is 0.116. The van der Waals surface area contributed by atoms with E-state index in [4.69, 9.17) is 0 Å². The lowest BCUT2D eigenvalue weighted by molar-refractivity contribution is -0.274. The lowest BCUT2D eigenvalue weighted by atomic mass is 10.3. The number of likely N-dealkylation sites (N-methyl/N-ethyl adjacent to an activating group) is 1. The smallest absolute Gasteiger partial charge is 0.406 e.